The van der Waals surface area contributed by atoms with Crippen molar-refractivity contribution in [3.05, 3.63) is 33.1 Å². The Kier molecular flexibility index (Phi) is 5.79. The lowest BCUT2D eigenvalue weighted by Crippen LogP contribution is -2.13. The summed E-state index contributed by atoms with van der Waals surface area (Å²) in [4.78, 5) is 31.2. The molecule has 0 aromatic carbocycles. The molecule has 0 radical (unpaired) electrons. The minimum Gasteiger partial charge on any atom is -0.369 e. The molecule has 0 aliphatic rings. The maximum atomic E-state index is 12.2. The van der Waals surface area contributed by atoms with Crippen LogP contribution in [-0.4, -0.2) is 27.5 Å². The van der Waals surface area contributed by atoms with Gasteiger partial charge < -0.3 is 5.73 Å². The molecule has 0 fully saturated rings. The molecular formula is C12H10BrClN4O2S2. The van der Waals surface area contributed by atoms with Gasteiger partial charge in [0, 0.05) is 10.7 Å². The number of aryl methyl sites for hydroxylation is 1. The summed E-state index contributed by atoms with van der Waals surface area (Å²) < 4.78 is 1.47. The van der Waals surface area contributed by atoms with Gasteiger partial charge >= 0.3 is 0 Å². The van der Waals surface area contributed by atoms with Crippen molar-refractivity contribution in [2.24, 2.45) is 5.73 Å². The van der Waals surface area contributed by atoms with Crippen LogP contribution in [0.25, 0.3) is 0 Å². The lowest BCUT2D eigenvalue weighted by molar-refractivity contribution is -0.115. The highest BCUT2D eigenvalue weighted by atomic mass is 79.9. The highest BCUT2D eigenvalue weighted by Crippen LogP contribution is 2.32. The number of nitrogens with two attached hydrogens (primary N) is 1. The van der Waals surface area contributed by atoms with Crippen LogP contribution in [0.2, 0.25) is 5.15 Å². The number of thioether (sulfide) groups is 1. The molecule has 6 nitrogen and oxygen atoms in total. The number of hydrogen-bond acceptors (Lipinski definition) is 6. The van der Waals surface area contributed by atoms with Gasteiger partial charge in [-0.2, -0.15) is 0 Å². The number of rotatable bonds is 5. The van der Waals surface area contributed by atoms with Crippen LogP contribution in [0.1, 0.15) is 16.1 Å². The van der Waals surface area contributed by atoms with Crippen molar-refractivity contribution in [1.82, 2.24) is 9.97 Å². The van der Waals surface area contributed by atoms with Gasteiger partial charge in [-0.1, -0.05) is 22.9 Å². The Bertz CT molecular complexity index is 738. The zero-order valence-electron chi connectivity index (χ0n) is 11.2. The normalized spacial score (nSPS) is 10.5. The van der Waals surface area contributed by atoms with Crippen molar-refractivity contribution >= 4 is 67.6 Å². The topological polar surface area (TPSA) is 98.0 Å². The summed E-state index contributed by atoms with van der Waals surface area (Å²) in [5.74, 6) is -0.646. The molecule has 0 unspecified atom stereocenters. The highest BCUT2D eigenvalue weighted by molar-refractivity contribution is 9.10. The predicted molar refractivity (Wildman–Crippen MR) is 91.7 cm³/mol. The number of anilines is 1. The molecule has 0 saturated heterocycles. The van der Waals surface area contributed by atoms with E-state index in [9.17, 15) is 9.59 Å². The molecule has 0 bridgehead atoms. The molecule has 116 valence electrons. The number of nitrogens with one attached hydrogen (secondary N) is 1. The molecule has 2 aromatic heterocycles. The largest absolute Gasteiger partial charge is 0.369 e. The van der Waals surface area contributed by atoms with E-state index >= 15 is 0 Å². The first-order chi connectivity index (χ1) is 10.4. The molecule has 2 rings (SSSR count). The monoisotopic (exact) mass is 420 g/mol. The number of amides is 2. The van der Waals surface area contributed by atoms with Crippen molar-refractivity contribution in [2.45, 2.75) is 11.1 Å². The van der Waals surface area contributed by atoms with Gasteiger partial charge in [-0.3, -0.25) is 14.9 Å². The van der Waals surface area contributed by atoms with E-state index < -0.39 is 11.8 Å². The summed E-state index contributed by atoms with van der Waals surface area (Å²) in [7, 11) is 0. The van der Waals surface area contributed by atoms with Crippen LogP contribution in [0.3, 0.4) is 0 Å². The number of halogens is 2. The number of primary amides is 1. The third kappa shape index (κ3) is 4.42. The molecule has 2 aromatic rings. The number of carbonyl (C=O) groups excluding carboxylic acids is 2. The van der Waals surface area contributed by atoms with Crippen LogP contribution < -0.4 is 11.1 Å². The van der Waals surface area contributed by atoms with E-state index in [4.69, 9.17) is 17.3 Å². The van der Waals surface area contributed by atoms with Gasteiger partial charge in [0.15, 0.2) is 5.13 Å². The summed E-state index contributed by atoms with van der Waals surface area (Å²) in [5, 5.41) is 3.20. The Morgan fingerprint density at radius 2 is 2.27 bits per heavy atom. The SMILES string of the molecule is Cc1nc(NC(=O)c2cc(Br)cnc2Cl)sc1SCC(N)=O. The predicted octanol–water partition coefficient (Wildman–Crippen LogP) is 3.09. The Morgan fingerprint density at radius 3 is 2.95 bits per heavy atom. The lowest BCUT2D eigenvalue weighted by atomic mass is 10.3. The number of thiazole rings is 1. The molecule has 0 spiro atoms. The molecule has 10 heteroatoms. The van der Waals surface area contributed by atoms with Crippen molar-refractivity contribution in [3.63, 3.8) is 0 Å². The van der Waals surface area contributed by atoms with Crippen molar-refractivity contribution in [2.75, 3.05) is 11.1 Å². The smallest absolute Gasteiger partial charge is 0.260 e. The Labute approximate surface area is 148 Å². The number of nitrogens with zero attached hydrogens (tertiary/aromatic N) is 2. The van der Waals surface area contributed by atoms with E-state index in [-0.39, 0.29) is 16.5 Å². The number of hydrogen-bond donors (Lipinski definition) is 2. The van der Waals surface area contributed by atoms with Crippen LogP contribution in [-0.2, 0) is 4.79 Å². The minimum atomic E-state index is -0.407. The van der Waals surface area contributed by atoms with E-state index in [0.717, 1.165) is 9.90 Å². The molecule has 0 saturated carbocycles. The second-order valence-corrected chi connectivity index (χ2v) is 7.61. The second-order valence-electron chi connectivity index (χ2n) is 4.09. The maximum Gasteiger partial charge on any atom is 0.260 e. The van der Waals surface area contributed by atoms with Gasteiger partial charge in [0.2, 0.25) is 5.91 Å². The van der Waals surface area contributed by atoms with Crippen LogP contribution >= 0.6 is 50.6 Å². The summed E-state index contributed by atoms with van der Waals surface area (Å²) in [6.45, 7) is 1.79. The molecular weight excluding hydrogens is 412 g/mol. The molecule has 0 aliphatic carbocycles. The lowest BCUT2D eigenvalue weighted by Gasteiger charge is -2.03. The van der Waals surface area contributed by atoms with E-state index in [2.05, 4.69) is 31.2 Å². The highest BCUT2D eigenvalue weighted by Gasteiger charge is 2.16. The van der Waals surface area contributed by atoms with Crippen LogP contribution in [0.15, 0.2) is 20.9 Å². The summed E-state index contributed by atoms with van der Waals surface area (Å²) >= 11 is 11.7. The standard InChI is InChI=1S/C12H10BrClN4O2S2/c1-5-11(21-4-8(15)19)22-12(17-5)18-10(20)7-2-6(13)3-16-9(7)14/h2-3H,4H2,1H3,(H2,15,19)(H,17,18,20). The molecule has 2 amide bonds. The van der Waals surface area contributed by atoms with Crippen molar-refractivity contribution in [3.8, 4) is 0 Å². The van der Waals surface area contributed by atoms with Gasteiger partial charge in [0.1, 0.15) is 5.15 Å². The fourth-order valence-electron chi connectivity index (χ4n) is 1.45. The summed E-state index contributed by atoms with van der Waals surface area (Å²) in [6, 6.07) is 1.58. The molecule has 0 atom stereocenters. The van der Waals surface area contributed by atoms with E-state index in [1.807, 2.05) is 0 Å². The molecule has 2 heterocycles. The third-order valence-corrected chi connectivity index (χ3v) is 5.56. The Hall–Kier alpha value is -1.16. The van der Waals surface area contributed by atoms with E-state index in [1.54, 1.807) is 13.0 Å². The first kappa shape index (κ1) is 17.2. The average molecular weight is 422 g/mol. The quantitative estimate of drug-likeness (QED) is 0.571. The summed E-state index contributed by atoms with van der Waals surface area (Å²) in [5.41, 5.74) is 6.09. The van der Waals surface area contributed by atoms with Gasteiger partial charge in [0.05, 0.1) is 21.2 Å². The fourth-order valence-corrected chi connectivity index (χ4v) is 3.85. The first-order valence-corrected chi connectivity index (χ1v) is 8.85. The van der Waals surface area contributed by atoms with Gasteiger partial charge in [-0.05, 0) is 28.9 Å². The zero-order valence-corrected chi connectivity index (χ0v) is 15.2. The fraction of sp³-hybridized carbons (Fsp3) is 0.167. The third-order valence-electron chi connectivity index (χ3n) is 2.37. The average Bonchev–Trinajstić information content (AvgIpc) is 2.79. The van der Waals surface area contributed by atoms with Crippen LogP contribution in [0.4, 0.5) is 5.13 Å². The maximum absolute atomic E-state index is 12.2. The Balaban J connectivity index is 2.13. The van der Waals surface area contributed by atoms with Gasteiger partial charge in [-0.25, -0.2) is 9.97 Å². The van der Waals surface area contributed by atoms with E-state index in [1.165, 1.54) is 29.3 Å². The van der Waals surface area contributed by atoms with Crippen molar-refractivity contribution < 1.29 is 9.59 Å². The first-order valence-electron chi connectivity index (χ1n) is 5.87. The second kappa shape index (κ2) is 7.40. The van der Waals surface area contributed by atoms with Gasteiger partial charge in [-0.15, -0.1) is 11.8 Å². The number of pyridine rings is 1. The number of carbonyl (C=O) groups is 2. The van der Waals surface area contributed by atoms with Crippen molar-refractivity contribution in [1.29, 1.82) is 0 Å². The molecule has 22 heavy (non-hydrogen) atoms. The summed E-state index contributed by atoms with van der Waals surface area (Å²) in [6.07, 6.45) is 1.51. The Morgan fingerprint density at radius 1 is 1.55 bits per heavy atom. The number of aromatic nitrogens is 2. The zero-order chi connectivity index (χ0) is 16.3. The van der Waals surface area contributed by atoms with E-state index in [0.29, 0.717) is 9.60 Å². The van der Waals surface area contributed by atoms with Crippen LogP contribution in [0, 0.1) is 6.92 Å². The van der Waals surface area contributed by atoms with Gasteiger partial charge in [0.25, 0.3) is 5.91 Å². The molecule has 0 aliphatic heterocycles. The minimum absolute atomic E-state index is 0.109. The van der Waals surface area contributed by atoms with Crippen LogP contribution in [0.5, 0.6) is 0 Å². The molecule has 3 N–H and O–H groups in total.